The lowest BCUT2D eigenvalue weighted by atomic mass is 9.63. The number of aryl methyl sites for hydroxylation is 1. The fraction of sp³-hybridized carbons (Fsp3) is 0.381. The molecule has 4 unspecified atom stereocenters. The van der Waals surface area contributed by atoms with E-state index in [0.29, 0.717) is 6.54 Å². The molecule has 1 aromatic heterocycles. The minimum atomic E-state index is -0.134. The summed E-state index contributed by atoms with van der Waals surface area (Å²) in [7, 11) is 0. The Labute approximate surface area is 146 Å². The minimum Gasteiger partial charge on any atom is -0.278 e. The van der Waals surface area contributed by atoms with Gasteiger partial charge in [-0.2, -0.15) is 0 Å². The Morgan fingerprint density at radius 2 is 1.68 bits per heavy atom. The van der Waals surface area contributed by atoms with E-state index in [1.54, 1.807) is 0 Å². The number of para-hydroxylation sites is 1. The van der Waals surface area contributed by atoms with E-state index >= 15 is 0 Å². The van der Waals surface area contributed by atoms with Crippen molar-refractivity contribution in [3.63, 3.8) is 0 Å². The summed E-state index contributed by atoms with van der Waals surface area (Å²) in [5.41, 5.74) is 2.83. The Morgan fingerprint density at radius 3 is 2.32 bits per heavy atom. The van der Waals surface area contributed by atoms with Crippen LogP contribution in [0.25, 0.3) is 10.9 Å². The van der Waals surface area contributed by atoms with Crippen LogP contribution in [0.15, 0.2) is 42.5 Å². The zero-order valence-corrected chi connectivity index (χ0v) is 14.2. The van der Waals surface area contributed by atoms with Crippen LogP contribution in [0.2, 0.25) is 0 Å². The molecule has 4 heteroatoms. The molecular formula is C21H20N2O2. The van der Waals surface area contributed by atoms with E-state index in [0.717, 1.165) is 35.0 Å². The van der Waals surface area contributed by atoms with Gasteiger partial charge in [0.15, 0.2) is 0 Å². The molecule has 0 radical (unpaired) electrons. The highest BCUT2D eigenvalue weighted by atomic mass is 16.2. The molecule has 6 rings (SSSR count). The molecule has 3 aliphatic carbocycles. The van der Waals surface area contributed by atoms with Crippen molar-refractivity contribution >= 4 is 22.7 Å². The molecule has 4 atom stereocenters. The molecule has 1 saturated carbocycles. The van der Waals surface area contributed by atoms with Crippen molar-refractivity contribution in [3.8, 4) is 0 Å². The van der Waals surface area contributed by atoms with Gasteiger partial charge in [-0.15, -0.1) is 0 Å². The topological polar surface area (TPSA) is 50.3 Å². The second kappa shape index (κ2) is 5.25. The third kappa shape index (κ3) is 2.10. The maximum Gasteiger partial charge on any atom is 0.234 e. The number of imide groups is 1. The first-order valence-electron chi connectivity index (χ1n) is 9.02. The van der Waals surface area contributed by atoms with Crippen LogP contribution in [0.5, 0.6) is 0 Å². The molecule has 1 saturated heterocycles. The van der Waals surface area contributed by atoms with Gasteiger partial charge in [0, 0.05) is 11.1 Å². The molecule has 25 heavy (non-hydrogen) atoms. The van der Waals surface area contributed by atoms with Gasteiger partial charge in [-0.3, -0.25) is 19.5 Å². The molecule has 4 nitrogen and oxygen atoms in total. The second-order valence-electron chi connectivity index (χ2n) is 7.54. The number of likely N-dealkylation sites (tertiary alicyclic amines) is 1. The molecule has 126 valence electrons. The summed E-state index contributed by atoms with van der Waals surface area (Å²) in [6.45, 7) is 2.31. The summed E-state index contributed by atoms with van der Waals surface area (Å²) in [6.07, 6.45) is 6.39. The number of amides is 2. The fourth-order valence-electron chi connectivity index (χ4n) is 4.99. The van der Waals surface area contributed by atoms with E-state index in [1.165, 1.54) is 4.90 Å². The van der Waals surface area contributed by atoms with Gasteiger partial charge in [0.25, 0.3) is 0 Å². The average Bonchev–Trinajstić information content (AvgIpc) is 2.90. The van der Waals surface area contributed by atoms with Gasteiger partial charge >= 0.3 is 0 Å². The smallest absolute Gasteiger partial charge is 0.234 e. The number of carbonyl (C=O) groups excluding carboxylic acids is 2. The van der Waals surface area contributed by atoms with Crippen molar-refractivity contribution in [2.45, 2.75) is 26.3 Å². The highest BCUT2D eigenvalue weighted by Crippen LogP contribution is 2.49. The van der Waals surface area contributed by atoms with Gasteiger partial charge in [0.1, 0.15) is 0 Å². The Bertz CT molecular complexity index is 901. The van der Waals surface area contributed by atoms with Crippen LogP contribution in [0.1, 0.15) is 24.1 Å². The number of benzene rings is 1. The molecule has 2 heterocycles. The van der Waals surface area contributed by atoms with Crippen molar-refractivity contribution in [1.29, 1.82) is 0 Å². The first-order chi connectivity index (χ1) is 12.1. The number of aromatic nitrogens is 1. The first-order valence-corrected chi connectivity index (χ1v) is 9.02. The first kappa shape index (κ1) is 14.8. The number of rotatable bonds is 2. The molecular weight excluding hydrogens is 312 g/mol. The predicted molar refractivity (Wildman–Crippen MR) is 94.4 cm³/mol. The zero-order chi connectivity index (χ0) is 17.1. The predicted octanol–water partition coefficient (Wildman–Crippen LogP) is 3.24. The van der Waals surface area contributed by atoms with Crippen molar-refractivity contribution in [2.24, 2.45) is 23.7 Å². The number of carbonyl (C=O) groups is 2. The second-order valence-corrected chi connectivity index (χ2v) is 7.54. The maximum absolute atomic E-state index is 13.0. The normalized spacial score (nSPS) is 30.4. The van der Waals surface area contributed by atoms with Gasteiger partial charge in [-0.05, 0) is 49.3 Å². The van der Waals surface area contributed by atoms with Crippen LogP contribution in [0, 0.1) is 30.6 Å². The monoisotopic (exact) mass is 332 g/mol. The summed E-state index contributed by atoms with van der Waals surface area (Å²) in [5.74, 6) is 0.260. The third-order valence-corrected chi connectivity index (χ3v) is 6.11. The highest BCUT2D eigenvalue weighted by molar-refractivity contribution is 6.06. The van der Waals surface area contributed by atoms with E-state index in [2.05, 4.69) is 17.1 Å². The standard InChI is InChI=1S/C21H20N2O2/c1-12-10-15(16-4-2-3-5-17(16)22-12)11-23-20(24)18-13-6-7-14(9-8-13)19(18)21(23)25/h2-7,10,13-14,18-19H,8-9,11H2,1H3. The van der Waals surface area contributed by atoms with Crippen molar-refractivity contribution in [1.82, 2.24) is 9.88 Å². The summed E-state index contributed by atoms with van der Waals surface area (Å²) in [5, 5.41) is 1.02. The number of nitrogens with zero attached hydrogens (tertiary/aromatic N) is 2. The van der Waals surface area contributed by atoms with Crippen LogP contribution in [-0.4, -0.2) is 21.7 Å². The molecule has 0 spiro atoms. The summed E-state index contributed by atoms with van der Waals surface area (Å²) >= 11 is 0. The van der Waals surface area contributed by atoms with Crippen LogP contribution in [0.3, 0.4) is 0 Å². The maximum atomic E-state index is 13.0. The van der Waals surface area contributed by atoms with Crippen LogP contribution < -0.4 is 0 Å². The molecule has 2 fully saturated rings. The Morgan fingerprint density at radius 1 is 1.04 bits per heavy atom. The largest absolute Gasteiger partial charge is 0.278 e. The zero-order valence-electron chi connectivity index (χ0n) is 14.2. The molecule has 1 aliphatic heterocycles. The van der Waals surface area contributed by atoms with Gasteiger partial charge in [0.05, 0.1) is 23.9 Å². The fourth-order valence-corrected chi connectivity index (χ4v) is 4.99. The van der Waals surface area contributed by atoms with Crippen LogP contribution >= 0.6 is 0 Å². The SMILES string of the molecule is Cc1cc(CN2C(=O)C3C4C=CC(CC4)C3C2=O)c2ccccc2n1. The van der Waals surface area contributed by atoms with Crippen molar-refractivity contribution in [2.75, 3.05) is 0 Å². The van der Waals surface area contributed by atoms with Crippen molar-refractivity contribution < 1.29 is 9.59 Å². The van der Waals surface area contributed by atoms with E-state index in [9.17, 15) is 9.59 Å². The van der Waals surface area contributed by atoms with E-state index in [1.807, 2.05) is 37.3 Å². The molecule has 2 aromatic rings. The third-order valence-electron chi connectivity index (χ3n) is 6.11. The molecule has 4 aliphatic rings. The summed E-state index contributed by atoms with van der Waals surface area (Å²) in [6, 6.07) is 9.92. The van der Waals surface area contributed by atoms with Gasteiger partial charge in [-0.1, -0.05) is 30.4 Å². The van der Waals surface area contributed by atoms with E-state index in [-0.39, 0.29) is 35.5 Å². The Hall–Kier alpha value is -2.49. The Balaban J connectivity index is 1.54. The number of hydrogen-bond donors (Lipinski definition) is 0. The van der Waals surface area contributed by atoms with Gasteiger partial charge in [0.2, 0.25) is 11.8 Å². The minimum absolute atomic E-state index is 0.0209. The molecule has 2 amide bonds. The van der Waals surface area contributed by atoms with Gasteiger partial charge < -0.3 is 0 Å². The lowest BCUT2D eigenvalue weighted by Gasteiger charge is -2.38. The number of pyridine rings is 1. The molecule has 0 N–H and O–H groups in total. The number of allylic oxidation sites excluding steroid dienone is 2. The van der Waals surface area contributed by atoms with E-state index in [4.69, 9.17) is 0 Å². The number of hydrogen-bond acceptors (Lipinski definition) is 3. The van der Waals surface area contributed by atoms with Crippen LogP contribution in [0.4, 0.5) is 0 Å². The quantitative estimate of drug-likeness (QED) is 0.627. The molecule has 1 aromatic carbocycles. The number of fused-ring (bicyclic) bond motifs is 2. The summed E-state index contributed by atoms with van der Waals surface area (Å²) in [4.78, 5) is 32.1. The average molecular weight is 332 g/mol. The van der Waals surface area contributed by atoms with E-state index < -0.39 is 0 Å². The molecule has 2 bridgehead atoms. The summed E-state index contributed by atoms with van der Waals surface area (Å²) < 4.78 is 0. The highest BCUT2D eigenvalue weighted by Gasteiger charge is 2.56. The van der Waals surface area contributed by atoms with Gasteiger partial charge in [-0.25, -0.2) is 0 Å². The lowest BCUT2D eigenvalue weighted by molar-refractivity contribution is -0.140. The Kier molecular flexibility index (Phi) is 3.11. The lowest BCUT2D eigenvalue weighted by Crippen LogP contribution is -2.38. The van der Waals surface area contributed by atoms with Crippen molar-refractivity contribution in [3.05, 3.63) is 53.7 Å². The van der Waals surface area contributed by atoms with Crippen LogP contribution in [-0.2, 0) is 16.1 Å².